The van der Waals surface area contributed by atoms with Gasteiger partial charge < -0.3 is 20.3 Å². The third-order valence-electron chi connectivity index (χ3n) is 4.06. The number of carbonyl (C=O) groups is 2. The number of carbonyl (C=O) groups excluding carboxylic acids is 2. The minimum Gasteiger partial charge on any atom is -0.507 e. The number of hydrogen-bond acceptors (Lipinski definition) is 5. The molecule has 3 rings (SSSR count). The number of ether oxygens (including phenoxy) is 1. The quantitative estimate of drug-likeness (QED) is 0.447. The van der Waals surface area contributed by atoms with Gasteiger partial charge in [0.25, 0.3) is 5.91 Å². The number of aromatic hydroxyl groups is 2. The molecule has 0 bridgehead atoms. The van der Waals surface area contributed by atoms with Gasteiger partial charge in [-0.2, -0.15) is 0 Å². The summed E-state index contributed by atoms with van der Waals surface area (Å²) < 4.78 is 18.2. The summed E-state index contributed by atoms with van der Waals surface area (Å²) in [5.74, 6) is -2.84. The van der Waals surface area contributed by atoms with Gasteiger partial charge in [-0.1, -0.05) is 35.9 Å². The van der Waals surface area contributed by atoms with E-state index in [9.17, 15) is 24.2 Å². The van der Waals surface area contributed by atoms with Crippen molar-refractivity contribution in [1.29, 1.82) is 0 Å². The van der Waals surface area contributed by atoms with E-state index in [4.69, 9.17) is 16.3 Å². The first kappa shape index (κ1) is 19.4. The lowest BCUT2D eigenvalue weighted by molar-refractivity contribution is -0.123. The molecule has 8 heteroatoms. The number of rotatable bonds is 4. The summed E-state index contributed by atoms with van der Waals surface area (Å²) in [5.41, 5.74) is -0.127. The lowest BCUT2D eigenvalue weighted by Crippen LogP contribution is -2.30. The monoisotopic (exact) mass is 403 g/mol. The van der Waals surface area contributed by atoms with Crippen molar-refractivity contribution in [2.45, 2.75) is 13.0 Å². The molecule has 0 spiro atoms. The van der Waals surface area contributed by atoms with Crippen molar-refractivity contribution in [3.8, 4) is 11.5 Å². The molecule has 3 aromatic carbocycles. The molecule has 0 aliphatic rings. The molecule has 0 radical (unpaired) electrons. The Hall–Kier alpha value is -3.32. The number of anilines is 1. The fourth-order valence-corrected chi connectivity index (χ4v) is 2.81. The maximum absolute atomic E-state index is 13.1. The smallest absolute Gasteiger partial charge is 0.342 e. The Morgan fingerprint density at radius 1 is 1.11 bits per heavy atom. The summed E-state index contributed by atoms with van der Waals surface area (Å²) in [5, 5.41) is 23.5. The molecular weight excluding hydrogens is 389 g/mol. The number of amides is 1. The van der Waals surface area contributed by atoms with Gasteiger partial charge in [0, 0.05) is 10.8 Å². The molecule has 28 heavy (non-hydrogen) atoms. The van der Waals surface area contributed by atoms with E-state index in [1.54, 1.807) is 18.2 Å². The number of fused-ring (bicyclic) bond motifs is 1. The van der Waals surface area contributed by atoms with Gasteiger partial charge in [-0.05, 0) is 31.2 Å². The molecule has 0 aromatic heterocycles. The molecule has 0 saturated heterocycles. The van der Waals surface area contributed by atoms with Crippen LogP contribution in [0.3, 0.4) is 0 Å². The number of hydrogen-bond donors (Lipinski definition) is 3. The maximum Gasteiger partial charge on any atom is 0.342 e. The van der Waals surface area contributed by atoms with Crippen LogP contribution in [-0.2, 0) is 9.53 Å². The number of esters is 1. The highest BCUT2D eigenvalue weighted by Gasteiger charge is 2.23. The largest absolute Gasteiger partial charge is 0.507 e. The summed E-state index contributed by atoms with van der Waals surface area (Å²) in [6, 6.07) is 10.9. The standard InChI is InChI=1S/C20H15ClFNO5/c1-10(19(26)23-16-7-6-11(22)8-15(16)21)28-20(27)14-9-17(24)12-4-2-3-5-13(12)18(14)25/h2-10,24-25H,1H3,(H,23,26)/t10-/m1/s1. The van der Waals surface area contributed by atoms with E-state index in [1.807, 2.05) is 0 Å². The number of halogens is 2. The molecule has 0 unspecified atom stereocenters. The first-order chi connectivity index (χ1) is 13.3. The zero-order valence-corrected chi connectivity index (χ0v) is 15.3. The molecule has 3 aromatic rings. The van der Waals surface area contributed by atoms with E-state index >= 15 is 0 Å². The van der Waals surface area contributed by atoms with Gasteiger partial charge in [0.05, 0.1) is 10.7 Å². The molecule has 144 valence electrons. The molecule has 0 heterocycles. The van der Waals surface area contributed by atoms with Crippen LogP contribution in [0.2, 0.25) is 5.02 Å². The molecular formula is C20H15ClFNO5. The van der Waals surface area contributed by atoms with E-state index in [2.05, 4.69) is 5.32 Å². The number of nitrogens with one attached hydrogen (secondary N) is 1. The van der Waals surface area contributed by atoms with Crippen molar-refractivity contribution in [2.75, 3.05) is 5.32 Å². The van der Waals surface area contributed by atoms with Crippen LogP contribution >= 0.6 is 11.6 Å². The molecule has 1 amide bonds. The van der Waals surface area contributed by atoms with Crippen molar-refractivity contribution in [2.24, 2.45) is 0 Å². The van der Waals surface area contributed by atoms with Crippen molar-refractivity contribution in [1.82, 2.24) is 0 Å². The van der Waals surface area contributed by atoms with E-state index in [-0.39, 0.29) is 33.2 Å². The van der Waals surface area contributed by atoms with Crippen LogP contribution < -0.4 is 5.32 Å². The fourth-order valence-electron chi connectivity index (χ4n) is 2.60. The molecule has 0 saturated carbocycles. The highest BCUT2D eigenvalue weighted by Crippen LogP contribution is 2.35. The van der Waals surface area contributed by atoms with E-state index < -0.39 is 23.8 Å². The van der Waals surface area contributed by atoms with Gasteiger partial charge in [0.1, 0.15) is 22.9 Å². The molecule has 0 fully saturated rings. The van der Waals surface area contributed by atoms with Gasteiger partial charge >= 0.3 is 5.97 Å². The summed E-state index contributed by atoms with van der Waals surface area (Å²) in [7, 11) is 0. The van der Waals surface area contributed by atoms with Crippen LogP contribution in [0.25, 0.3) is 10.8 Å². The number of benzene rings is 3. The Morgan fingerprint density at radius 2 is 1.79 bits per heavy atom. The van der Waals surface area contributed by atoms with Crippen LogP contribution in [-0.4, -0.2) is 28.2 Å². The number of phenols is 2. The van der Waals surface area contributed by atoms with Crippen molar-refractivity contribution in [3.63, 3.8) is 0 Å². The molecule has 1 atom stereocenters. The first-order valence-corrected chi connectivity index (χ1v) is 8.56. The Morgan fingerprint density at radius 3 is 2.46 bits per heavy atom. The molecule has 0 aliphatic carbocycles. The molecule has 3 N–H and O–H groups in total. The normalized spacial score (nSPS) is 11.8. The second-order valence-corrected chi connectivity index (χ2v) is 6.41. The van der Waals surface area contributed by atoms with Crippen LogP contribution in [0.1, 0.15) is 17.3 Å². The van der Waals surface area contributed by atoms with Gasteiger partial charge in [-0.25, -0.2) is 9.18 Å². The summed E-state index contributed by atoms with van der Waals surface area (Å²) >= 11 is 5.85. The Bertz CT molecular complexity index is 1090. The summed E-state index contributed by atoms with van der Waals surface area (Å²) in [6.07, 6.45) is -1.25. The second-order valence-electron chi connectivity index (χ2n) is 6.00. The average molecular weight is 404 g/mol. The predicted molar refractivity (Wildman–Crippen MR) is 102 cm³/mol. The maximum atomic E-state index is 13.1. The number of phenolic OH excluding ortho intramolecular Hbond substituents is 2. The summed E-state index contributed by atoms with van der Waals surface area (Å²) in [4.78, 5) is 24.6. The molecule has 0 aliphatic heterocycles. The lowest BCUT2D eigenvalue weighted by atomic mass is 10.0. The minimum atomic E-state index is -1.25. The van der Waals surface area contributed by atoms with Gasteiger partial charge in [-0.3, -0.25) is 4.79 Å². The van der Waals surface area contributed by atoms with Crippen molar-refractivity contribution < 1.29 is 28.9 Å². The average Bonchev–Trinajstić information content (AvgIpc) is 2.66. The Labute approximate surface area is 164 Å². The topological polar surface area (TPSA) is 95.9 Å². The third kappa shape index (κ3) is 3.84. The minimum absolute atomic E-state index is 0.0102. The van der Waals surface area contributed by atoms with Crippen LogP contribution in [0.5, 0.6) is 11.5 Å². The van der Waals surface area contributed by atoms with E-state index in [0.29, 0.717) is 5.39 Å². The first-order valence-electron chi connectivity index (χ1n) is 8.18. The zero-order valence-electron chi connectivity index (χ0n) is 14.6. The van der Waals surface area contributed by atoms with Crippen LogP contribution in [0, 0.1) is 5.82 Å². The van der Waals surface area contributed by atoms with E-state index in [1.165, 1.54) is 19.1 Å². The lowest BCUT2D eigenvalue weighted by Gasteiger charge is -2.15. The second kappa shape index (κ2) is 7.74. The fraction of sp³-hybridized carbons (Fsp3) is 0.100. The van der Waals surface area contributed by atoms with Crippen molar-refractivity contribution >= 4 is 39.9 Å². The SMILES string of the molecule is C[C@@H](OC(=O)c1cc(O)c2ccccc2c1O)C(=O)Nc1ccc(F)cc1Cl. The highest BCUT2D eigenvalue weighted by molar-refractivity contribution is 6.33. The summed E-state index contributed by atoms with van der Waals surface area (Å²) in [6.45, 7) is 1.32. The van der Waals surface area contributed by atoms with Gasteiger partial charge in [-0.15, -0.1) is 0 Å². The van der Waals surface area contributed by atoms with Gasteiger partial charge in [0.15, 0.2) is 6.10 Å². The van der Waals surface area contributed by atoms with Crippen LogP contribution in [0.15, 0.2) is 48.5 Å². The predicted octanol–water partition coefficient (Wildman–Crippen LogP) is 4.23. The Balaban J connectivity index is 1.78. The van der Waals surface area contributed by atoms with Crippen LogP contribution in [0.4, 0.5) is 10.1 Å². The third-order valence-corrected chi connectivity index (χ3v) is 4.37. The van der Waals surface area contributed by atoms with E-state index in [0.717, 1.165) is 18.2 Å². The van der Waals surface area contributed by atoms with Crippen molar-refractivity contribution in [3.05, 3.63) is 64.9 Å². The Kier molecular flexibility index (Phi) is 5.37. The zero-order chi connectivity index (χ0) is 20.4. The highest BCUT2D eigenvalue weighted by atomic mass is 35.5. The molecule has 6 nitrogen and oxygen atoms in total. The van der Waals surface area contributed by atoms with Gasteiger partial charge in [0.2, 0.25) is 0 Å².